The van der Waals surface area contributed by atoms with Crippen molar-refractivity contribution >= 4 is 34.2 Å². The Bertz CT molecular complexity index is 1260. The minimum absolute atomic E-state index is 0.243. The number of hydrogen-bond acceptors (Lipinski definition) is 5. The summed E-state index contributed by atoms with van der Waals surface area (Å²) in [5.74, 6) is -0.589. The highest BCUT2D eigenvalue weighted by molar-refractivity contribution is 7.07. The lowest BCUT2D eigenvalue weighted by molar-refractivity contribution is -0.110. The van der Waals surface area contributed by atoms with E-state index in [1.165, 1.54) is 23.5 Å². The fourth-order valence-electron chi connectivity index (χ4n) is 3.32. The van der Waals surface area contributed by atoms with Crippen LogP contribution in [0, 0.1) is 5.82 Å². The number of rotatable bonds is 1. The highest BCUT2D eigenvalue weighted by Gasteiger charge is 2.27. The summed E-state index contributed by atoms with van der Waals surface area (Å²) in [5.41, 5.74) is 2.37. The second-order valence-electron chi connectivity index (χ2n) is 6.28. The van der Waals surface area contributed by atoms with Crippen LogP contribution < -0.4 is 25.1 Å². The maximum Gasteiger partial charge on any atom is 0.272 e. The zero-order chi connectivity index (χ0) is 18.5. The van der Waals surface area contributed by atoms with Gasteiger partial charge in [0.15, 0.2) is 4.80 Å². The number of carbonyl (C=O) groups is 1. The molecule has 0 saturated carbocycles. The quantitative estimate of drug-likeness (QED) is 0.691. The number of thiazole rings is 1. The van der Waals surface area contributed by atoms with Crippen molar-refractivity contribution in [3.63, 3.8) is 0 Å². The van der Waals surface area contributed by atoms with Gasteiger partial charge in [-0.1, -0.05) is 29.5 Å². The number of amides is 1. The number of nitrogens with zero attached hydrogens (tertiary/aromatic N) is 3. The zero-order valence-corrected chi connectivity index (χ0v) is 14.8. The van der Waals surface area contributed by atoms with E-state index in [2.05, 4.69) is 10.3 Å². The largest absolute Gasteiger partial charge is 0.334 e. The Morgan fingerprint density at radius 1 is 1.07 bits per heavy atom. The summed E-state index contributed by atoms with van der Waals surface area (Å²) >= 11 is 1.23. The van der Waals surface area contributed by atoms with Crippen LogP contribution in [-0.4, -0.2) is 17.1 Å². The zero-order valence-electron chi connectivity index (χ0n) is 14.0. The molecule has 27 heavy (non-hydrogen) atoms. The number of nitrogens with one attached hydrogen (secondary N) is 1. The number of hydrogen-bond donors (Lipinski definition) is 1. The maximum atomic E-state index is 13.2. The summed E-state index contributed by atoms with van der Waals surface area (Å²) in [4.78, 5) is 32.4. The van der Waals surface area contributed by atoms with E-state index >= 15 is 0 Å². The minimum Gasteiger partial charge on any atom is -0.334 e. The lowest BCUT2D eigenvalue weighted by Gasteiger charge is -2.25. The van der Waals surface area contributed by atoms with Crippen LogP contribution in [0.25, 0.3) is 5.57 Å². The van der Waals surface area contributed by atoms with Crippen LogP contribution in [0.15, 0.2) is 58.3 Å². The second kappa shape index (κ2) is 5.88. The Hall–Kier alpha value is -3.26. The standard InChI is InChI=1S/C19H13FN4O2S/c20-11-5-7-12(8-6-11)23-9-21-19-24(10-23)18(26)16(27-19)15-13-3-1-2-4-14(13)22-17(15)25/h1-8H,9-10H2,(H,22,25)/b16-15-. The van der Waals surface area contributed by atoms with E-state index in [9.17, 15) is 14.0 Å². The lowest BCUT2D eigenvalue weighted by Crippen LogP contribution is -2.43. The minimum atomic E-state index is -0.314. The Kier molecular flexibility index (Phi) is 3.48. The molecule has 6 nitrogen and oxygen atoms in total. The fourth-order valence-corrected chi connectivity index (χ4v) is 4.38. The Morgan fingerprint density at radius 3 is 2.67 bits per heavy atom. The molecular formula is C19H13FN4O2S. The normalized spacial score (nSPS) is 17.2. The fraction of sp³-hybridized carbons (Fsp3) is 0.105. The van der Waals surface area contributed by atoms with Crippen molar-refractivity contribution in [3.05, 3.63) is 79.6 Å². The predicted octanol–water partition coefficient (Wildman–Crippen LogP) is 1.25. The Morgan fingerprint density at radius 2 is 1.85 bits per heavy atom. The molecule has 3 heterocycles. The molecule has 8 heteroatoms. The molecule has 0 spiro atoms. The molecular weight excluding hydrogens is 367 g/mol. The van der Waals surface area contributed by atoms with Crippen LogP contribution in [0.2, 0.25) is 0 Å². The molecule has 2 aliphatic rings. The summed E-state index contributed by atoms with van der Waals surface area (Å²) < 4.78 is 15.1. The summed E-state index contributed by atoms with van der Waals surface area (Å²) in [6.07, 6.45) is 0. The van der Waals surface area contributed by atoms with Crippen LogP contribution in [0.3, 0.4) is 0 Å². The topological polar surface area (TPSA) is 66.7 Å². The number of fused-ring (bicyclic) bond motifs is 2. The van der Waals surface area contributed by atoms with E-state index in [1.54, 1.807) is 16.7 Å². The molecule has 1 aromatic heterocycles. The summed E-state index contributed by atoms with van der Waals surface area (Å²) in [7, 11) is 0. The van der Waals surface area contributed by atoms with Gasteiger partial charge in [-0.25, -0.2) is 9.38 Å². The molecule has 134 valence electrons. The van der Waals surface area contributed by atoms with E-state index in [-0.39, 0.29) is 17.3 Å². The molecule has 0 fully saturated rings. The number of anilines is 2. The molecule has 1 N–H and O–H groups in total. The van der Waals surface area contributed by atoms with Gasteiger partial charge in [0.25, 0.3) is 11.5 Å². The van der Waals surface area contributed by atoms with Gasteiger partial charge in [-0.05, 0) is 30.3 Å². The van der Waals surface area contributed by atoms with Gasteiger partial charge < -0.3 is 10.2 Å². The average molecular weight is 380 g/mol. The van der Waals surface area contributed by atoms with Crippen molar-refractivity contribution < 1.29 is 9.18 Å². The van der Waals surface area contributed by atoms with E-state index in [0.29, 0.717) is 33.9 Å². The Balaban J connectivity index is 1.64. The maximum absolute atomic E-state index is 13.2. The number of benzene rings is 2. The second-order valence-corrected chi connectivity index (χ2v) is 7.26. The van der Waals surface area contributed by atoms with Crippen molar-refractivity contribution in [1.29, 1.82) is 0 Å². The third-order valence-corrected chi connectivity index (χ3v) is 5.76. The van der Waals surface area contributed by atoms with Crippen molar-refractivity contribution in [1.82, 2.24) is 4.57 Å². The van der Waals surface area contributed by atoms with Gasteiger partial charge in [-0.2, -0.15) is 0 Å². The molecule has 0 bridgehead atoms. The van der Waals surface area contributed by atoms with Crippen molar-refractivity contribution in [2.45, 2.75) is 6.67 Å². The van der Waals surface area contributed by atoms with Gasteiger partial charge in [0, 0.05) is 16.9 Å². The first-order valence-electron chi connectivity index (χ1n) is 8.31. The number of halogens is 1. The first kappa shape index (κ1) is 16.0. The van der Waals surface area contributed by atoms with Gasteiger partial charge in [0.2, 0.25) is 0 Å². The van der Waals surface area contributed by atoms with E-state index in [4.69, 9.17) is 0 Å². The van der Waals surface area contributed by atoms with Crippen LogP contribution in [0.4, 0.5) is 15.8 Å². The first-order chi connectivity index (χ1) is 13.1. The molecule has 0 unspecified atom stereocenters. The Labute approximate surface area is 156 Å². The molecule has 5 rings (SSSR count). The lowest BCUT2D eigenvalue weighted by atomic mass is 10.1. The van der Waals surface area contributed by atoms with E-state index in [1.807, 2.05) is 29.2 Å². The van der Waals surface area contributed by atoms with Gasteiger partial charge >= 0.3 is 0 Å². The predicted molar refractivity (Wildman–Crippen MR) is 101 cm³/mol. The molecule has 0 radical (unpaired) electrons. The van der Waals surface area contributed by atoms with Gasteiger partial charge in [0.05, 0.1) is 5.57 Å². The molecule has 0 atom stereocenters. The third kappa shape index (κ3) is 2.48. The number of para-hydroxylation sites is 1. The van der Waals surface area contributed by atoms with Crippen LogP contribution in [0.1, 0.15) is 5.56 Å². The van der Waals surface area contributed by atoms with E-state index < -0.39 is 0 Å². The third-order valence-electron chi connectivity index (χ3n) is 4.64. The molecule has 3 aromatic rings. The molecule has 2 aromatic carbocycles. The van der Waals surface area contributed by atoms with Gasteiger partial charge in [-0.15, -0.1) is 0 Å². The van der Waals surface area contributed by atoms with E-state index in [0.717, 1.165) is 11.3 Å². The molecule has 1 amide bonds. The summed E-state index contributed by atoms with van der Waals surface area (Å²) in [6, 6.07) is 13.4. The van der Waals surface area contributed by atoms with Crippen LogP contribution in [-0.2, 0) is 11.5 Å². The van der Waals surface area contributed by atoms with Crippen LogP contribution >= 0.6 is 11.3 Å². The smallest absolute Gasteiger partial charge is 0.272 e. The molecule has 0 aliphatic carbocycles. The van der Waals surface area contributed by atoms with Gasteiger partial charge in [0.1, 0.15) is 23.7 Å². The van der Waals surface area contributed by atoms with Crippen molar-refractivity contribution in [3.8, 4) is 0 Å². The first-order valence-corrected chi connectivity index (χ1v) is 9.13. The monoisotopic (exact) mass is 380 g/mol. The molecule has 2 aliphatic heterocycles. The highest BCUT2D eigenvalue weighted by atomic mass is 32.1. The molecule has 0 saturated heterocycles. The summed E-state index contributed by atoms with van der Waals surface area (Å²) in [6.45, 7) is 0.666. The summed E-state index contributed by atoms with van der Waals surface area (Å²) in [5, 5.41) is 2.80. The SMILES string of the molecule is O=C1Nc2ccccc2/C1=c1/sc2n(c1=O)CN(c1ccc(F)cc1)CN=2. The van der Waals surface area contributed by atoms with Crippen molar-refractivity contribution in [2.24, 2.45) is 4.99 Å². The van der Waals surface area contributed by atoms with Crippen molar-refractivity contribution in [2.75, 3.05) is 16.9 Å². The average Bonchev–Trinajstić information content (AvgIpc) is 3.18. The number of carbonyl (C=O) groups excluding carboxylic acids is 1. The van der Waals surface area contributed by atoms with Crippen LogP contribution in [0.5, 0.6) is 0 Å². The highest BCUT2D eigenvalue weighted by Crippen LogP contribution is 2.29. The number of aromatic nitrogens is 1. The van der Waals surface area contributed by atoms with Gasteiger partial charge in [-0.3, -0.25) is 14.2 Å².